The molecular weight excluding hydrogens is 222 g/mol. The molecule has 1 aromatic heterocycles. The van der Waals surface area contributed by atoms with Gasteiger partial charge < -0.3 is 5.32 Å². The molecule has 102 valence electrons. The first-order valence-corrected chi connectivity index (χ1v) is 7.42. The van der Waals surface area contributed by atoms with Crippen LogP contribution in [0.4, 0.5) is 0 Å². The van der Waals surface area contributed by atoms with E-state index in [0.717, 1.165) is 6.54 Å². The maximum absolute atomic E-state index is 4.48. The summed E-state index contributed by atoms with van der Waals surface area (Å²) >= 11 is 0. The largest absolute Gasteiger partial charge is 0.314 e. The van der Waals surface area contributed by atoms with E-state index in [-0.39, 0.29) is 0 Å². The minimum atomic E-state index is 0.463. The average molecular weight is 249 g/mol. The summed E-state index contributed by atoms with van der Waals surface area (Å²) < 4.78 is 2.20. The van der Waals surface area contributed by atoms with E-state index in [4.69, 9.17) is 0 Å². The standard InChI is InChI=1S/C15H27N3/c1-5-9-16-14-7-6-13(12(14)4)15-8-10-17-18(15)11(2)3/h8,10-14,16H,5-7,9H2,1-4H3. The highest BCUT2D eigenvalue weighted by Gasteiger charge is 2.35. The van der Waals surface area contributed by atoms with Gasteiger partial charge in [-0.15, -0.1) is 0 Å². The third-order valence-corrected chi connectivity index (χ3v) is 4.28. The molecular formula is C15H27N3. The number of nitrogens with zero attached hydrogens (tertiary/aromatic N) is 2. The molecule has 1 fully saturated rings. The summed E-state index contributed by atoms with van der Waals surface area (Å²) in [6.45, 7) is 10.2. The Hall–Kier alpha value is -0.830. The van der Waals surface area contributed by atoms with Crippen LogP contribution in [0.2, 0.25) is 0 Å². The topological polar surface area (TPSA) is 29.9 Å². The second-order valence-electron chi connectivity index (χ2n) is 5.90. The Kier molecular flexibility index (Phi) is 4.44. The van der Waals surface area contributed by atoms with Gasteiger partial charge in [0.15, 0.2) is 0 Å². The summed E-state index contributed by atoms with van der Waals surface area (Å²) in [6, 6.07) is 3.36. The average Bonchev–Trinajstić information content (AvgIpc) is 2.93. The van der Waals surface area contributed by atoms with Gasteiger partial charge in [0, 0.05) is 29.9 Å². The third-order valence-electron chi connectivity index (χ3n) is 4.28. The predicted octanol–water partition coefficient (Wildman–Crippen LogP) is 3.35. The van der Waals surface area contributed by atoms with E-state index in [1.807, 2.05) is 6.20 Å². The molecule has 18 heavy (non-hydrogen) atoms. The number of rotatable bonds is 5. The molecule has 3 nitrogen and oxygen atoms in total. The van der Waals surface area contributed by atoms with Crippen LogP contribution in [0.5, 0.6) is 0 Å². The van der Waals surface area contributed by atoms with Gasteiger partial charge >= 0.3 is 0 Å². The lowest BCUT2D eigenvalue weighted by atomic mass is 9.92. The molecule has 3 atom stereocenters. The first-order valence-electron chi connectivity index (χ1n) is 7.42. The summed E-state index contributed by atoms with van der Waals surface area (Å²) in [5.74, 6) is 1.38. The maximum Gasteiger partial charge on any atom is 0.0492 e. The lowest BCUT2D eigenvalue weighted by Crippen LogP contribution is -2.33. The van der Waals surface area contributed by atoms with Crippen molar-refractivity contribution in [3.8, 4) is 0 Å². The van der Waals surface area contributed by atoms with Crippen LogP contribution in [-0.2, 0) is 0 Å². The van der Waals surface area contributed by atoms with Crippen LogP contribution in [0.25, 0.3) is 0 Å². The van der Waals surface area contributed by atoms with Crippen LogP contribution in [0.3, 0.4) is 0 Å². The van der Waals surface area contributed by atoms with Crippen LogP contribution >= 0.6 is 0 Å². The van der Waals surface area contributed by atoms with E-state index in [9.17, 15) is 0 Å². The number of hydrogen-bond donors (Lipinski definition) is 1. The van der Waals surface area contributed by atoms with Gasteiger partial charge in [-0.3, -0.25) is 4.68 Å². The van der Waals surface area contributed by atoms with Crippen LogP contribution < -0.4 is 5.32 Å². The normalized spacial score (nSPS) is 28.2. The van der Waals surface area contributed by atoms with Gasteiger partial charge in [0.05, 0.1) is 0 Å². The SMILES string of the molecule is CCCNC1CCC(c2ccnn2C(C)C)C1C. The first kappa shape index (κ1) is 13.6. The van der Waals surface area contributed by atoms with Crippen LogP contribution in [-0.4, -0.2) is 22.4 Å². The summed E-state index contributed by atoms with van der Waals surface area (Å²) in [5.41, 5.74) is 1.43. The fraction of sp³-hybridized carbons (Fsp3) is 0.800. The van der Waals surface area contributed by atoms with Crippen molar-refractivity contribution in [2.75, 3.05) is 6.54 Å². The molecule has 0 aromatic carbocycles. The van der Waals surface area contributed by atoms with Crippen molar-refractivity contribution in [2.45, 2.75) is 65.0 Å². The second kappa shape index (κ2) is 5.87. The van der Waals surface area contributed by atoms with Crippen molar-refractivity contribution < 1.29 is 0 Å². The van der Waals surface area contributed by atoms with Crippen molar-refractivity contribution in [1.82, 2.24) is 15.1 Å². The first-order chi connectivity index (χ1) is 8.65. The fourth-order valence-electron chi connectivity index (χ4n) is 3.25. The molecule has 0 amide bonds. The fourth-order valence-corrected chi connectivity index (χ4v) is 3.25. The molecule has 1 heterocycles. The molecule has 0 radical (unpaired) electrons. The molecule has 1 aromatic rings. The highest BCUT2D eigenvalue weighted by Crippen LogP contribution is 2.39. The van der Waals surface area contributed by atoms with Gasteiger partial charge in [-0.05, 0) is 51.6 Å². The van der Waals surface area contributed by atoms with E-state index in [0.29, 0.717) is 23.9 Å². The van der Waals surface area contributed by atoms with Crippen molar-refractivity contribution in [3.63, 3.8) is 0 Å². The van der Waals surface area contributed by atoms with E-state index in [1.165, 1.54) is 25.0 Å². The number of aromatic nitrogens is 2. The van der Waals surface area contributed by atoms with Gasteiger partial charge in [-0.1, -0.05) is 13.8 Å². The lowest BCUT2D eigenvalue weighted by Gasteiger charge is -2.23. The maximum atomic E-state index is 4.48. The number of hydrogen-bond acceptors (Lipinski definition) is 2. The van der Waals surface area contributed by atoms with E-state index >= 15 is 0 Å². The molecule has 1 aliphatic carbocycles. The summed E-state index contributed by atoms with van der Waals surface area (Å²) in [6.07, 6.45) is 5.77. The third kappa shape index (κ3) is 2.61. The van der Waals surface area contributed by atoms with E-state index in [1.54, 1.807) is 0 Å². The molecule has 0 aliphatic heterocycles. The predicted molar refractivity (Wildman–Crippen MR) is 75.8 cm³/mol. The summed E-state index contributed by atoms with van der Waals surface area (Å²) in [5, 5.41) is 8.17. The van der Waals surface area contributed by atoms with Crippen molar-refractivity contribution in [2.24, 2.45) is 5.92 Å². The molecule has 3 heteroatoms. The molecule has 1 saturated carbocycles. The Morgan fingerprint density at radius 1 is 1.44 bits per heavy atom. The Labute approximate surface area is 111 Å². The minimum absolute atomic E-state index is 0.463. The highest BCUT2D eigenvalue weighted by atomic mass is 15.3. The van der Waals surface area contributed by atoms with Gasteiger partial charge in [0.2, 0.25) is 0 Å². The monoisotopic (exact) mass is 249 g/mol. The van der Waals surface area contributed by atoms with Gasteiger partial charge in [-0.25, -0.2) is 0 Å². The quantitative estimate of drug-likeness (QED) is 0.867. The van der Waals surface area contributed by atoms with Gasteiger partial charge in [0.25, 0.3) is 0 Å². The molecule has 3 unspecified atom stereocenters. The van der Waals surface area contributed by atoms with Crippen LogP contribution in [0.1, 0.15) is 64.6 Å². The summed E-state index contributed by atoms with van der Waals surface area (Å²) in [7, 11) is 0. The molecule has 0 bridgehead atoms. The zero-order chi connectivity index (χ0) is 13.1. The van der Waals surface area contributed by atoms with E-state index < -0.39 is 0 Å². The zero-order valence-electron chi connectivity index (χ0n) is 12.2. The van der Waals surface area contributed by atoms with Gasteiger partial charge in [0.1, 0.15) is 0 Å². The van der Waals surface area contributed by atoms with Crippen molar-refractivity contribution in [3.05, 3.63) is 18.0 Å². The Bertz CT molecular complexity index is 370. The van der Waals surface area contributed by atoms with Crippen LogP contribution in [0, 0.1) is 5.92 Å². The Morgan fingerprint density at radius 2 is 2.22 bits per heavy atom. The van der Waals surface area contributed by atoms with Crippen LogP contribution in [0.15, 0.2) is 12.3 Å². The van der Waals surface area contributed by atoms with Gasteiger partial charge in [-0.2, -0.15) is 5.10 Å². The molecule has 1 N–H and O–H groups in total. The van der Waals surface area contributed by atoms with Crippen molar-refractivity contribution >= 4 is 0 Å². The Balaban J connectivity index is 2.08. The second-order valence-corrected chi connectivity index (χ2v) is 5.90. The van der Waals surface area contributed by atoms with Crippen molar-refractivity contribution in [1.29, 1.82) is 0 Å². The Morgan fingerprint density at radius 3 is 2.89 bits per heavy atom. The summed E-state index contributed by atoms with van der Waals surface area (Å²) in [4.78, 5) is 0. The molecule has 0 saturated heterocycles. The molecule has 1 aliphatic rings. The lowest BCUT2D eigenvalue weighted by molar-refractivity contribution is 0.385. The smallest absolute Gasteiger partial charge is 0.0492 e. The minimum Gasteiger partial charge on any atom is -0.314 e. The highest BCUT2D eigenvalue weighted by molar-refractivity contribution is 5.14. The molecule has 0 spiro atoms. The molecule has 2 rings (SSSR count). The number of nitrogens with one attached hydrogen (secondary N) is 1. The van der Waals surface area contributed by atoms with E-state index in [2.05, 4.69) is 48.9 Å². The zero-order valence-corrected chi connectivity index (χ0v) is 12.2.